The fourth-order valence-corrected chi connectivity index (χ4v) is 2.05. The largest absolute Gasteiger partial charge is 0.502 e. The maximum absolute atomic E-state index is 12.2. The molecule has 0 aliphatic carbocycles. The van der Waals surface area contributed by atoms with Crippen LogP contribution in [0.25, 0.3) is 5.70 Å². The van der Waals surface area contributed by atoms with Gasteiger partial charge in [0.1, 0.15) is 12.0 Å². The van der Waals surface area contributed by atoms with Crippen molar-refractivity contribution in [3.8, 4) is 5.75 Å². The van der Waals surface area contributed by atoms with E-state index in [1.54, 1.807) is 44.7 Å². The van der Waals surface area contributed by atoms with Crippen molar-refractivity contribution in [2.75, 3.05) is 26.5 Å². The Labute approximate surface area is 135 Å². The molecule has 0 fully saturated rings. The van der Waals surface area contributed by atoms with Gasteiger partial charge in [0.15, 0.2) is 5.78 Å². The van der Waals surface area contributed by atoms with Crippen molar-refractivity contribution >= 4 is 17.2 Å². The monoisotopic (exact) mass is 312 g/mol. The van der Waals surface area contributed by atoms with Gasteiger partial charge in [0.2, 0.25) is 0 Å². The second-order valence-electron chi connectivity index (χ2n) is 4.89. The highest BCUT2D eigenvalue weighted by atomic mass is 16.5. The average Bonchev–Trinajstić information content (AvgIpc) is 2.59. The summed E-state index contributed by atoms with van der Waals surface area (Å²) in [5.41, 5.74) is 8.49. The molecule has 0 radical (unpaired) electrons. The van der Waals surface area contributed by atoms with Crippen LogP contribution in [0.4, 0.5) is 5.69 Å². The third-order valence-corrected chi connectivity index (χ3v) is 3.31. The summed E-state index contributed by atoms with van der Waals surface area (Å²) < 4.78 is 10.2. The molecule has 2 aromatic rings. The van der Waals surface area contributed by atoms with E-state index in [4.69, 9.17) is 15.2 Å². The molecular formula is C18H20N2O3. The van der Waals surface area contributed by atoms with E-state index in [2.05, 4.69) is 5.32 Å². The molecule has 0 aromatic heterocycles. The van der Waals surface area contributed by atoms with Gasteiger partial charge >= 0.3 is 0 Å². The van der Waals surface area contributed by atoms with Crippen LogP contribution in [0.5, 0.6) is 5.75 Å². The van der Waals surface area contributed by atoms with Gasteiger partial charge in [-0.25, -0.2) is 0 Å². The standard InChI is InChI=1S/C18H20N2O3/c1-22-12-17(13-5-9-16(23-2)10-6-13)20-11-18(21)14-3-7-15(19)8-4-14/h3-10,12,20H,11,19H2,1-2H3/b17-12+. The normalized spacial score (nSPS) is 11.0. The van der Waals surface area contributed by atoms with E-state index >= 15 is 0 Å². The Morgan fingerprint density at radius 1 is 1.04 bits per heavy atom. The highest BCUT2D eigenvalue weighted by Gasteiger charge is 2.08. The van der Waals surface area contributed by atoms with Crippen molar-refractivity contribution in [1.82, 2.24) is 5.32 Å². The van der Waals surface area contributed by atoms with Crippen LogP contribution in [0.1, 0.15) is 15.9 Å². The number of rotatable bonds is 7. The summed E-state index contributed by atoms with van der Waals surface area (Å²) >= 11 is 0. The highest BCUT2D eigenvalue weighted by molar-refractivity contribution is 5.98. The van der Waals surface area contributed by atoms with Crippen LogP contribution in [0, 0.1) is 0 Å². The number of benzene rings is 2. The molecule has 23 heavy (non-hydrogen) atoms. The Hall–Kier alpha value is -2.95. The molecule has 0 heterocycles. The number of hydrogen-bond acceptors (Lipinski definition) is 5. The molecular weight excluding hydrogens is 292 g/mol. The number of nitrogen functional groups attached to an aromatic ring is 1. The Bertz CT molecular complexity index is 676. The second kappa shape index (κ2) is 7.89. The molecule has 5 heteroatoms. The number of methoxy groups -OCH3 is 2. The first-order valence-electron chi connectivity index (χ1n) is 7.14. The number of Topliss-reactive ketones (excluding diaryl/α,β-unsaturated/α-hetero) is 1. The minimum absolute atomic E-state index is 0.0273. The van der Waals surface area contributed by atoms with Crippen molar-refractivity contribution in [3.63, 3.8) is 0 Å². The molecule has 0 unspecified atom stereocenters. The van der Waals surface area contributed by atoms with Crippen LogP contribution in [-0.4, -0.2) is 26.5 Å². The van der Waals surface area contributed by atoms with Gasteiger partial charge in [-0.15, -0.1) is 0 Å². The van der Waals surface area contributed by atoms with E-state index in [9.17, 15) is 4.79 Å². The molecule has 0 saturated heterocycles. The van der Waals surface area contributed by atoms with Gasteiger partial charge in [0.05, 0.1) is 26.5 Å². The van der Waals surface area contributed by atoms with Crippen molar-refractivity contribution in [2.45, 2.75) is 0 Å². The van der Waals surface area contributed by atoms with Crippen molar-refractivity contribution in [3.05, 3.63) is 65.9 Å². The summed E-state index contributed by atoms with van der Waals surface area (Å²) in [4.78, 5) is 12.2. The van der Waals surface area contributed by atoms with Crippen LogP contribution in [0.15, 0.2) is 54.8 Å². The Balaban J connectivity index is 2.06. The van der Waals surface area contributed by atoms with Gasteiger partial charge in [-0.1, -0.05) is 0 Å². The summed E-state index contributed by atoms with van der Waals surface area (Å²) in [5.74, 6) is 0.740. The minimum Gasteiger partial charge on any atom is -0.502 e. The van der Waals surface area contributed by atoms with E-state index in [0.717, 1.165) is 17.0 Å². The first kappa shape index (κ1) is 16.4. The fraction of sp³-hybridized carbons (Fsp3) is 0.167. The van der Waals surface area contributed by atoms with Gasteiger partial charge in [0.25, 0.3) is 0 Å². The molecule has 0 aliphatic rings. The van der Waals surface area contributed by atoms with E-state index in [0.29, 0.717) is 11.3 Å². The topological polar surface area (TPSA) is 73.6 Å². The number of carbonyl (C=O) groups is 1. The zero-order chi connectivity index (χ0) is 16.7. The lowest BCUT2D eigenvalue weighted by Crippen LogP contribution is -2.22. The number of ether oxygens (including phenoxy) is 2. The SMILES string of the molecule is CO/C=C(/NCC(=O)c1ccc(N)cc1)c1ccc(OC)cc1. The summed E-state index contributed by atoms with van der Waals surface area (Å²) in [6, 6.07) is 14.3. The summed E-state index contributed by atoms with van der Waals surface area (Å²) in [6.07, 6.45) is 1.57. The first-order chi connectivity index (χ1) is 11.1. The first-order valence-corrected chi connectivity index (χ1v) is 7.14. The smallest absolute Gasteiger partial charge is 0.181 e. The predicted molar refractivity (Wildman–Crippen MR) is 91.2 cm³/mol. The molecule has 0 spiro atoms. The molecule has 0 aliphatic heterocycles. The van der Waals surface area contributed by atoms with E-state index in [1.165, 1.54) is 0 Å². The fourth-order valence-electron chi connectivity index (χ4n) is 2.05. The maximum atomic E-state index is 12.2. The molecule has 2 rings (SSSR count). The van der Waals surface area contributed by atoms with Gasteiger partial charge in [0, 0.05) is 16.8 Å². The van der Waals surface area contributed by atoms with Crippen LogP contribution < -0.4 is 15.8 Å². The zero-order valence-electron chi connectivity index (χ0n) is 13.2. The van der Waals surface area contributed by atoms with E-state index in [-0.39, 0.29) is 12.3 Å². The molecule has 5 nitrogen and oxygen atoms in total. The minimum atomic E-state index is -0.0273. The third-order valence-electron chi connectivity index (χ3n) is 3.31. The lowest BCUT2D eigenvalue weighted by molar-refractivity contribution is 0.0995. The van der Waals surface area contributed by atoms with Crippen molar-refractivity contribution in [1.29, 1.82) is 0 Å². The lowest BCUT2D eigenvalue weighted by atomic mass is 10.1. The number of nitrogens with two attached hydrogens (primary N) is 1. The number of anilines is 1. The van der Waals surface area contributed by atoms with Gasteiger partial charge < -0.3 is 20.5 Å². The average molecular weight is 312 g/mol. The molecule has 2 aromatic carbocycles. The predicted octanol–water partition coefficient (Wildman–Crippen LogP) is 2.69. The molecule has 120 valence electrons. The van der Waals surface area contributed by atoms with E-state index < -0.39 is 0 Å². The Kier molecular flexibility index (Phi) is 5.63. The lowest BCUT2D eigenvalue weighted by Gasteiger charge is -2.11. The van der Waals surface area contributed by atoms with Crippen LogP contribution >= 0.6 is 0 Å². The Morgan fingerprint density at radius 3 is 2.22 bits per heavy atom. The quantitative estimate of drug-likeness (QED) is 0.467. The Morgan fingerprint density at radius 2 is 1.65 bits per heavy atom. The molecule has 0 bridgehead atoms. The number of nitrogens with one attached hydrogen (secondary N) is 1. The van der Waals surface area contributed by atoms with Gasteiger partial charge in [-0.05, 0) is 48.5 Å². The van der Waals surface area contributed by atoms with Gasteiger partial charge in [-0.2, -0.15) is 0 Å². The van der Waals surface area contributed by atoms with E-state index in [1.807, 2.05) is 24.3 Å². The molecule has 0 atom stereocenters. The number of ketones is 1. The van der Waals surface area contributed by atoms with Crippen LogP contribution in [0.3, 0.4) is 0 Å². The molecule has 0 saturated carbocycles. The number of carbonyl (C=O) groups excluding carboxylic acids is 1. The van der Waals surface area contributed by atoms with Crippen LogP contribution in [-0.2, 0) is 4.74 Å². The number of hydrogen-bond donors (Lipinski definition) is 2. The second-order valence-corrected chi connectivity index (χ2v) is 4.89. The summed E-state index contributed by atoms with van der Waals surface area (Å²) in [5, 5.41) is 3.10. The maximum Gasteiger partial charge on any atom is 0.181 e. The van der Waals surface area contributed by atoms with Crippen molar-refractivity contribution < 1.29 is 14.3 Å². The summed E-state index contributed by atoms with van der Waals surface area (Å²) in [7, 11) is 3.18. The van der Waals surface area contributed by atoms with Crippen LogP contribution in [0.2, 0.25) is 0 Å². The van der Waals surface area contributed by atoms with Crippen molar-refractivity contribution in [2.24, 2.45) is 0 Å². The molecule has 0 amide bonds. The highest BCUT2D eigenvalue weighted by Crippen LogP contribution is 2.17. The molecule has 3 N–H and O–H groups in total. The van der Waals surface area contributed by atoms with Gasteiger partial charge in [-0.3, -0.25) is 4.79 Å². The summed E-state index contributed by atoms with van der Waals surface area (Å²) in [6.45, 7) is 0.158. The zero-order valence-corrected chi connectivity index (χ0v) is 13.2. The third kappa shape index (κ3) is 4.51.